The van der Waals surface area contributed by atoms with Crippen LogP contribution in [-0.2, 0) is 23.2 Å². The minimum atomic E-state index is -5.16. The minimum absolute atomic E-state index is 0.203. The van der Waals surface area contributed by atoms with Crippen molar-refractivity contribution in [1.29, 1.82) is 0 Å². The number of aromatic hydroxyl groups is 1. The van der Waals surface area contributed by atoms with Gasteiger partial charge in [0.15, 0.2) is 17.4 Å². The standard InChI is InChI=1S/C21H20F5N5O3S/c1-29-14-8-15(31-6-5-30(35(2,33)34)10-20(31)3-4-20)27-9-12(14)18(28-29)11-7-13(21(24,25)26)17(23)19(32)16(11)22/h7-9,32H,3-6,10H2,1-2H3. The topological polar surface area (TPSA) is 91.6 Å². The summed E-state index contributed by atoms with van der Waals surface area (Å²) in [4.78, 5) is 6.42. The number of aryl methyl sites for hydroxylation is 1. The molecule has 2 aliphatic rings. The van der Waals surface area contributed by atoms with Crippen LogP contribution in [0.25, 0.3) is 22.2 Å². The first kappa shape index (κ1) is 23.7. The molecule has 1 saturated heterocycles. The molecule has 1 aliphatic carbocycles. The second-order valence-electron chi connectivity index (χ2n) is 8.95. The Morgan fingerprint density at radius 2 is 1.80 bits per heavy atom. The largest absolute Gasteiger partial charge is 0.503 e. The van der Waals surface area contributed by atoms with Gasteiger partial charge in [0.1, 0.15) is 11.5 Å². The summed E-state index contributed by atoms with van der Waals surface area (Å²) in [5, 5.41) is 14.0. The van der Waals surface area contributed by atoms with Crippen LogP contribution in [0.2, 0.25) is 0 Å². The molecule has 1 spiro atoms. The van der Waals surface area contributed by atoms with Gasteiger partial charge in [-0.05, 0) is 18.9 Å². The SMILES string of the molecule is Cn1nc(-c2cc(C(F)(F)F)c(F)c(O)c2F)c2cnc(N3CCN(S(C)(=O)=O)CC34CC4)cc21. The number of anilines is 1. The first-order chi connectivity index (χ1) is 16.2. The lowest BCUT2D eigenvalue weighted by atomic mass is 10.0. The zero-order chi connectivity index (χ0) is 25.5. The van der Waals surface area contributed by atoms with Crippen LogP contribution >= 0.6 is 0 Å². The Kier molecular flexibility index (Phi) is 5.08. The predicted octanol–water partition coefficient (Wildman–Crippen LogP) is 3.25. The third-order valence-corrected chi connectivity index (χ3v) is 7.90. The van der Waals surface area contributed by atoms with E-state index in [0.717, 1.165) is 19.1 Å². The second kappa shape index (κ2) is 7.50. The fourth-order valence-electron chi connectivity index (χ4n) is 4.64. The van der Waals surface area contributed by atoms with Crippen molar-refractivity contribution in [3.63, 3.8) is 0 Å². The van der Waals surface area contributed by atoms with E-state index in [1.54, 1.807) is 6.07 Å². The van der Waals surface area contributed by atoms with Crippen LogP contribution in [0.3, 0.4) is 0 Å². The molecule has 0 unspecified atom stereocenters. The third-order valence-electron chi connectivity index (χ3n) is 6.65. The van der Waals surface area contributed by atoms with E-state index in [4.69, 9.17) is 0 Å². The molecule has 35 heavy (non-hydrogen) atoms. The van der Waals surface area contributed by atoms with E-state index >= 15 is 0 Å². The van der Waals surface area contributed by atoms with Gasteiger partial charge in [0, 0.05) is 49.9 Å². The van der Waals surface area contributed by atoms with Crippen molar-refractivity contribution in [1.82, 2.24) is 19.1 Å². The Labute approximate surface area is 196 Å². The molecular weight excluding hydrogens is 497 g/mol. The summed E-state index contributed by atoms with van der Waals surface area (Å²) in [7, 11) is -1.84. The van der Waals surface area contributed by atoms with E-state index in [0.29, 0.717) is 24.4 Å². The van der Waals surface area contributed by atoms with Crippen molar-refractivity contribution in [2.45, 2.75) is 24.6 Å². The summed E-state index contributed by atoms with van der Waals surface area (Å²) in [6.45, 7) is 0.991. The average molecular weight is 517 g/mol. The number of sulfonamides is 1. The molecule has 0 bridgehead atoms. The Morgan fingerprint density at radius 3 is 2.40 bits per heavy atom. The van der Waals surface area contributed by atoms with Crippen LogP contribution in [0, 0.1) is 11.6 Å². The van der Waals surface area contributed by atoms with Gasteiger partial charge in [-0.2, -0.15) is 22.6 Å². The molecule has 1 aromatic carbocycles. The minimum Gasteiger partial charge on any atom is -0.503 e. The van der Waals surface area contributed by atoms with E-state index < -0.39 is 44.7 Å². The van der Waals surface area contributed by atoms with Crippen LogP contribution in [0.1, 0.15) is 18.4 Å². The maximum Gasteiger partial charge on any atom is 0.419 e. The summed E-state index contributed by atoms with van der Waals surface area (Å²) in [5.41, 5.74) is -2.73. The number of pyridine rings is 1. The van der Waals surface area contributed by atoms with Gasteiger partial charge in [0.05, 0.1) is 22.9 Å². The zero-order valence-electron chi connectivity index (χ0n) is 18.6. The predicted molar refractivity (Wildman–Crippen MR) is 116 cm³/mol. The summed E-state index contributed by atoms with van der Waals surface area (Å²) in [6.07, 6.45) is -1.12. The number of nitrogens with zero attached hydrogens (tertiary/aromatic N) is 5. The van der Waals surface area contributed by atoms with Crippen molar-refractivity contribution < 1.29 is 35.5 Å². The number of hydrogen-bond acceptors (Lipinski definition) is 6. The number of alkyl halides is 3. The van der Waals surface area contributed by atoms with Gasteiger partial charge in [-0.3, -0.25) is 4.68 Å². The highest BCUT2D eigenvalue weighted by molar-refractivity contribution is 7.88. The number of piperazine rings is 1. The Morgan fingerprint density at radius 1 is 1.11 bits per heavy atom. The molecule has 0 amide bonds. The van der Waals surface area contributed by atoms with E-state index in [1.165, 1.54) is 22.2 Å². The van der Waals surface area contributed by atoms with Gasteiger partial charge in [-0.15, -0.1) is 0 Å². The molecular formula is C21H20F5N5O3S. The van der Waals surface area contributed by atoms with Gasteiger partial charge < -0.3 is 10.0 Å². The zero-order valence-corrected chi connectivity index (χ0v) is 19.4. The van der Waals surface area contributed by atoms with Gasteiger partial charge >= 0.3 is 6.18 Å². The molecule has 188 valence electrons. The van der Waals surface area contributed by atoms with Crippen LogP contribution in [0.5, 0.6) is 5.75 Å². The number of fused-ring (bicyclic) bond motifs is 1. The molecule has 3 aromatic rings. The normalized spacial score (nSPS) is 18.5. The summed E-state index contributed by atoms with van der Waals surface area (Å²) < 4.78 is 95.1. The lowest BCUT2D eigenvalue weighted by Gasteiger charge is -2.41. The fourth-order valence-corrected chi connectivity index (χ4v) is 5.53. The van der Waals surface area contributed by atoms with Crippen LogP contribution in [-0.4, -0.2) is 64.0 Å². The van der Waals surface area contributed by atoms with E-state index in [9.17, 15) is 35.5 Å². The van der Waals surface area contributed by atoms with E-state index in [1.807, 2.05) is 4.90 Å². The number of phenolic OH excluding ortho intramolecular Hbond substituents is 1. The molecule has 5 rings (SSSR count). The monoisotopic (exact) mass is 517 g/mol. The number of phenols is 1. The Balaban J connectivity index is 1.58. The summed E-state index contributed by atoms with van der Waals surface area (Å²) >= 11 is 0. The van der Waals surface area contributed by atoms with Crippen molar-refractivity contribution in [3.05, 3.63) is 35.5 Å². The first-order valence-corrected chi connectivity index (χ1v) is 12.4. The first-order valence-electron chi connectivity index (χ1n) is 10.6. The molecule has 1 saturated carbocycles. The fraction of sp³-hybridized carbons (Fsp3) is 0.429. The quantitative estimate of drug-likeness (QED) is 0.537. The maximum absolute atomic E-state index is 14.7. The summed E-state index contributed by atoms with van der Waals surface area (Å²) in [6, 6.07) is 1.93. The highest BCUT2D eigenvalue weighted by Gasteiger charge is 2.53. The highest BCUT2D eigenvalue weighted by Crippen LogP contribution is 2.47. The smallest absolute Gasteiger partial charge is 0.419 e. The summed E-state index contributed by atoms with van der Waals surface area (Å²) in [5.74, 6) is -4.87. The molecule has 2 fully saturated rings. The van der Waals surface area contributed by atoms with Crippen LogP contribution < -0.4 is 4.90 Å². The third kappa shape index (κ3) is 3.78. The number of hydrogen-bond donors (Lipinski definition) is 1. The van der Waals surface area contributed by atoms with E-state index in [2.05, 4.69) is 10.1 Å². The van der Waals surface area contributed by atoms with Gasteiger partial charge in [-0.25, -0.2) is 22.2 Å². The van der Waals surface area contributed by atoms with Crippen LogP contribution in [0.4, 0.5) is 27.8 Å². The van der Waals surface area contributed by atoms with Crippen molar-refractivity contribution >= 4 is 26.7 Å². The molecule has 2 aromatic heterocycles. The molecule has 3 heterocycles. The van der Waals surface area contributed by atoms with Gasteiger partial charge in [-0.1, -0.05) is 0 Å². The highest BCUT2D eigenvalue weighted by atomic mass is 32.2. The maximum atomic E-state index is 14.7. The van der Waals surface area contributed by atoms with Gasteiger partial charge in [0.2, 0.25) is 10.0 Å². The van der Waals surface area contributed by atoms with Crippen LogP contribution in [0.15, 0.2) is 18.3 Å². The molecule has 8 nitrogen and oxygen atoms in total. The molecule has 14 heteroatoms. The lowest BCUT2D eigenvalue weighted by molar-refractivity contribution is -0.140. The molecule has 0 atom stereocenters. The van der Waals surface area contributed by atoms with Crippen molar-refractivity contribution in [3.8, 4) is 17.0 Å². The molecule has 1 N–H and O–H groups in total. The molecule has 0 radical (unpaired) electrons. The number of benzene rings is 1. The van der Waals surface area contributed by atoms with Crippen molar-refractivity contribution in [2.75, 3.05) is 30.8 Å². The second-order valence-corrected chi connectivity index (χ2v) is 10.9. The van der Waals surface area contributed by atoms with Gasteiger partial charge in [0.25, 0.3) is 0 Å². The number of halogens is 5. The number of aromatic nitrogens is 3. The lowest BCUT2D eigenvalue weighted by Crippen LogP contribution is -2.56. The number of rotatable bonds is 3. The average Bonchev–Trinajstić information content (AvgIpc) is 3.45. The molecule has 1 aliphatic heterocycles. The van der Waals surface area contributed by atoms with E-state index in [-0.39, 0.29) is 29.2 Å². The van der Waals surface area contributed by atoms with Crippen molar-refractivity contribution in [2.24, 2.45) is 7.05 Å². The Bertz CT molecular complexity index is 1470. The Hall–Kier alpha value is -3.00.